The Labute approximate surface area is 115 Å². The first-order valence-electron chi connectivity index (χ1n) is 5.56. The van der Waals surface area contributed by atoms with Gasteiger partial charge in [0.2, 0.25) is 0 Å². The van der Waals surface area contributed by atoms with Gasteiger partial charge in [-0.3, -0.25) is 14.9 Å². The maximum Gasteiger partial charge on any atom is 0.342 e. The minimum Gasteiger partial charge on any atom is -0.496 e. The van der Waals surface area contributed by atoms with Crippen molar-refractivity contribution in [3.8, 4) is 5.75 Å². The van der Waals surface area contributed by atoms with Gasteiger partial charge in [-0.1, -0.05) is 0 Å². The molecule has 0 N–H and O–H groups in total. The standard InChI is InChI=1S/C12H14N2O6/c1-13(2)11(15)7-20-12(16)9-6-8(14(17)18)4-5-10(9)19-3/h4-6H,7H2,1-3H3. The monoisotopic (exact) mass is 282 g/mol. The van der Waals surface area contributed by atoms with Gasteiger partial charge < -0.3 is 14.4 Å². The minimum atomic E-state index is -0.860. The molecule has 108 valence electrons. The Morgan fingerprint density at radius 2 is 2.00 bits per heavy atom. The molecule has 0 radical (unpaired) electrons. The maximum absolute atomic E-state index is 11.8. The second-order valence-electron chi connectivity index (χ2n) is 4.01. The van der Waals surface area contributed by atoms with E-state index in [1.54, 1.807) is 0 Å². The largest absolute Gasteiger partial charge is 0.496 e. The van der Waals surface area contributed by atoms with Crippen molar-refractivity contribution in [1.29, 1.82) is 0 Å². The summed E-state index contributed by atoms with van der Waals surface area (Å²) < 4.78 is 9.73. The number of nitro benzene ring substituents is 1. The van der Waals surface area contributed by atoms with Gasteiger partial charge in [-0.2, -0.15) is 0 Å². The predicted octanol–water partition coefficient (Wildman–Crippen LogP) is 0.848. The van der Waals surface area contributed by atoms with E-state index in [1.165, 1.54) is 38.2 Å². The number of amides is 1. The molecular weight excluding hydrogens is 268 g/mol. The van der Waals surface area contributed by atoms with Crippen LogP contribution in [0.3, 0.4) is 0 Å². The van der Waals surface area contributed by atoms with Crippen LogP contribution in [0, 0.1) is 10.1 Å². The Morgan fingerprint density at radius 3 is 2.50 bits per heavy atom. The zero-order valence-electron chi connectivity index (χ0n) is 11.3. The van der Waals surface area contributed by atoms with Gasteiger partial charge in [0.15, 0.2) is 6.61 Å². The van der Waals surface area contributed by atoms with Crippen molar-refractivity contribution < 1.29 is 24.0 Å². The highest BCUT2D eigenvalue weighted by Crippen LogP contribution is 2.24. The molecule has 0 spiro atoms. The number of hydrogen-bond acceptors (Lipinski definition) is 6. The summed E-state index contributed by atoms with van der Waals surface area (Å²) in [6.45, 7) is -0.447. The van der Waals surface area contributed by atoms with E-state index in [1.807, 2.05) is 0 Å². The number of hydrogen-bond donors (Lipinski definition) is 0. The minimum absolute atomic E-state index is 0.103. The number of rotatable bonds is 5. The number of nitrogens with zero attached hydrogens (tertiary/aromatic N) is 2. The van der Waals surface area contributed by atoms with E-state index in [0.717, 1.165) is 6.07 Å². The Balaban J connectivity index is 2.93. The molecule has 1 amide bonds. The van der Waals surface area contributed by atoms with Gasteiger partial charge in [-0.05, 0) is 6.07 Å². The van der Waals surface area contributed by atoms with E-state index in [4.69, 9.17) is 9.47 Å². The van der Waals surface area contributed by atoms with E-state index >= 15 is 0 Å². The fourth-order valence-electron chi connectivity index (χ4n) is 1.30. The van der Waals surface area contributed by atoms with E-state index in [2.05, 4.69) is 0 Å². The van der Waals surface area contributed by atoms with Crippen LogP contribution in [0.5, 0.6) is 5.75 Å². The van der Waals surface area contributed by atoms with Gasteiger partial charge in [0, 0.05) is 26.2 Å². The van der Waals surface area contributed by atoms with Crippen molar-refractivity contribution in [3.05, 3.63) is 33.9 Å². The number of esters is 1. The van der Waals surface area contributed by atoms with Crippen molar-refractivity contribution in [1.82, 2.24) is 4.90 Å². The third kappa shape index (κ3) is 3.67. The summed E-state index contributed by atoms with van der Waals surface area (Å²) >= 11 is 0. The fraction of sp³-hybridized carbons (Fsp3) is 0.333. The Bertz CT molecular complexity index is 541. The first-order valence-corrected chi connectivity index (χ1v) is 5.56. The quantitative estimate of drug-likeness (QED) is 0.451. The smallest absolute Gasteiger partial charge is 0.342 e. The van der Waals surface area contributed by atoms with E-state index in [-0.39, 0.29) is 17.0 Å². The molecule has 0 aliphatic rings. The number of methoxy groups -OCH3 is 1. The SMILES string of the molecule is COc1ccc([N+](=O)[O-])cc1C(=O)OCC(=O)N(C)C. The van der Waals surface area contributed by atoms with Crippen molar-refractivity contribution in [2.24, 2.45) is 0 Å². The zero-order chi connectivity index (χ0) is 15.3. The van der Waals surface area contributed by atoms with Crippen LogP contribution in [-0.2, 0) is 9.53 Å². The lowest BCUT2D eigenvalue weighted by molar-refractivity contribution is -0.384. The van der Waals surface area contributed by atoms with Gasteiger partial charge in [0.25, 0.3) is 11.6 Å². The first kappa shape index (κ1) is 15.4. The fourth-order valence-corrected chi connectivity index (χ4v) is 1.30. The molecule has 1 rings (SSSR count). The molecule has 0 aliphatic heterocycles. The molecule has 0 aliphatic carbocycles. The Morgan fingerprint density at radius 1 is 1.35 bits per heavy atom. The summed E-state index contributed by atoms with van der Waals surface area (Å²) in [5, 5.41) is 10.7. The molecule has 0 atom stereocenters. The molecule has 0 aromatic heterocycles. The number of carbonyl (C=O) groups excluding carboxylic acids is 2. The maximum atomic E-state index is 11.8. The topological polar surface area (TPSA) is 99.0 Å². The number of ether oxygens (including phenoxy) is 2. The molecule has 8 heteroatoms. The van der Waals surface area contributed by atoms with Crippen LogP contribution >= 0.6 is 0 Å². The average Bonchev–Trinajstić information content (AvgIpc) is 2.43. The summed E-state index contributed by atoms with van der Waals surface area (Å²) in [6.07, 6.45) is 0. The number of likely N-dealkylation sites (N-methyl/N-ethyl adjacent to an activating group) is 1. The van der Waals surface area contributed by atoms with Crippen LogP contribution in [0.25, 0.3) is 0 Å². The molecule has 0 bridgehead atoms. The summed E-state index contributed by atoms with van der Waals surface area (Å²) in [6, 6.07) is 3.55. The van der Waals surface area contributed by atoms with Crippen LogP contribution in [0.15, 0.2) is 18.2 Å². The van der Waals surface area contributed by atoms with E-state index in [9.17, 15) is 19.7 Å². The molecule has 0 saturated carbocycles. The summed E-state index contributed by atoms with van der Waals surface area (Å²) in [7, 11) is 4.36. The Hall–Kier alpha value is -2.64. The number of carbonyl (C=O) groups is 2. The summed E-state index contributed by atoms with van der Waals surface area (Å²) in [5.41, 5.74) is -0.370. The molecule has 1 aromatic rings. The molecule has 0 heterocycles. The highest BCUT2D eigenvalue weighted by Gasteiger charge is 2.19. The van der Waals surface area contributed by atoms with E-state index in [0.29, 0.717) is 0 Å². The highest BCUT2D eigenvalue weighted by atomic mass is 16.6. The average molecular weight is 282 g/mol. The predicted molar refractivity (Wildman–Crippen MR) is 68.6 cm³/mol. The van der Waals surface area contributed by atoms with Gasteiger partial charge in [-0.15, -0.1) is 0 Å². The lowest BCUT2D eigenvalue weighted by atomic mass is 10.2. The third-order valence-corrected chi connectivity index (χ3v) is 2.44. The lowest BCUT2D eigenvalue weighted by Gasteiger charge is -2.11. The second-order valence-corrected chi connectivity index (χ2v) is 4.01. The Kier molecular flexibility index (Phi) is 5.01. The number of benzene rings is 1. The molecule has 0 fully saturated rings. The summed E-state index contributed by atoms with van der Waals surface area (Å²) in [5.74, 6) is -1.12. The van der Waals surface area contributed by atoms with Gasteiger partial charge in [0.1, 0.15) is 11.3 Å². The molecule has 0 unspecified atom stereocenters. The third-order valence-electron chi connectivity index (χ3n) is 2.44. The molecule has 0 saturated heterocycles. The molecule has 8 nitrogen and oxygen atoms in total. The van der Waals surface area contributed by atoms with Crippen LogP contribution < -0.4 is 4.74 Å². The van der Waals surface area contributed by atoms with Crippen LogP contribution in [0.2, 0.25) is 0 Å². The lowest BCUT2D eigenvalue weighted by Crippen LogP contribution is -2.27. The first-order chi connectivity index (χ1) is 9.36. The summed E-state index contributed by atoms with van der Waals surface area (Å²) in [4.78, 5) is 34.5. The van der Waals surface area contributed by atoms with Crippen molar-refractivity contribution in [2.75, 3.05) is 27.8 Å². The highest BCUT2D eigenvalue weighted by molar-refractivity contribution is 5.94. The van der Waals surface area contributed by atoms with Crippen molar-refractivity contribution in [3.63, 3.8) is 0 Å². The normalized spacial score (nSPS) is 9.75. The molecule has 20 heavy (non-hydrogen) atoms. The zero-order valence-corrected chi connectivity index (χ0v) is 11.3. The number of nitro groups is 1. The van der Waals surface area contributed by atoms with Gasteiger partial charge >= 0.3 is 5.97 Å². The second kappa shape index (κ2) is 6.50. The molecular formula is C12H14N2O6. The molecule has 1 aromatic carbocycles. The van der Waals surface area contributed by atoms with Crippen LogP contribution in [0.1, 0.15) is 10.4 Å². The van der Waals surface area contributed by atoms with Crippen molar-refractivity contribution >= 4 is 17.6 Å². The van der Waals surface area contributed by atoms with Crippen LogP contribution in [-0.4, -0.2) is 49.5 Å². The van der Waals surface area contributed by atoms with Gasteiger partial charge in [-0.25, -0.2) is 4.79 Å². The number of non-ortho nitro benzene ring substituents is 1. The van der Waals surface area contributed by atoms with Crippen molar-refractivity contribution in [2.45, 2.75) is 0 Å². The van der Waals surface area contributed by atoms with Gasteiger partial charge in [0.05, 0.1) is 12.0 Å². The van der Waals surface area contributed by atoms with Crippen LogP contribution in [0.4, 0.5) is 5.69 Å². The van der Waals surface area contributed by atoms with E-state index < -0.39 is 23.4 Å².